The highest BCUT2D eigenvalue weighted by Crippen LogP contribution is 2.55. The number of aromatic hydroxyl groups is 1. The Morgan fingerprint density at radius 2 is 1.75 bits per heavy atom. The molecule has 13 heteroatoms. The van der Waals surface area contributed by atoms with Crippen LogP contribution in [0.5, 0.6) is 11.5 Å². The number of halogens is 1. The number of benzene rings is 2. The van der Waals surface area contributed by atoms with Gasteiger partial charge in [0.25, 0.3) is 5.91 Å². The van der Waals surface area contributed by atoms with E-state index in [1.165, 1.54) is 24.3 Å². The van der Waals surface area contributed by atoms with Crippen LogP contribution in [0.2, 0.25) is 0 Å². The predicted molar refractivity (Wildman–Crippen MR) is 133 cm³/mol. The van der Waals surface area contributed by atoms with Gasteiger partial charge in [-0.05, 0) is 41.8 Å². The molecular formula is C27H23FN2O10. The number of ether oxygens (including phenoxy) is 1. The molecule has 0 heterocycles. The van der Waals surface area contributed by atoms with E-state index >= 15 is 0 Å². The highest BCUT2D eigenvalue weighted by molar-refractivity contribution is 6.24. The minimum atomic E-state index is -2.96. The van der Waals surface area contributed by atoms with Crippen molar-refractivity contribution in [2.24, 2.45) is 17.6 Å². The van der Waals surface area contributed by atoms with E-state index in [0.29, 0.717) is 0 Å². The first-order chi connectivity index (χ1) is 18.8. The lowest BCUT2D eigenvalue weighted by Gasteiger charge is -2.50. The quantitative estimate of drug-likeness (QED) is 0.216. The number of hydrogen-bond acceptors (Lipinski definition) is 10. The third-order valence-electron chi connectivity index (χ3n) is 7.76. The van der Waals surface area contributed by atoms with Gasteiger partial charge in [-0.2, -0.15) is 0 Å². The largest absolute Gasteiger partial charge is 0.511 e. The van der Waals surface area contributed by atoms with Crippen LogP contribution in [0, 0.1) is 17.7 Å². The molecule has 0 fully saturated rings. The number of nitrogens with one attached hydrogen (secondary N) is 1. The summed E-state index contributed by atoms with van der Waals surface area (Å²) in [5, 5.41) is 57.2. The second kappa shape index (κ2) is 9.17. The summed E-state index contributed by atoms with van der Waals surface area (Å²) in [7, 11) is 0. The number of rotatable bonds is 3. The van der Waals surface area contributed by atoms with E-state index in [1.54, 1.807) is 6.92 Å². The molecule has 5 atom stereocenters. The number of anilines is 1. The summed E-state index contributed by atoms with van der Waals surface area (Å²) < 4.78 is 18.1. The van der Waals surface area contributed by atoms with E-state index in [2.05, 4.69) is 5.32 Å². The minimum absolute atomic E-state index is 0.00877. The third kappa shape index (κ3) is 3.73. The van der Waals surface area contributed by atoms with Gasteiger partial charge in [-0.1, -0.05) is 13.0 Å². The zero-order valence-electron chi connectivity index (χ0n) is 20.7. The van der Waals surface area contributed by atoms with Crippen molar-refractivity contribution in [2.45, 2.75) is 31.0 Å². The first-order valence-electron chi connectivity index (χ1n) is 12.0. The van der Waals surface area contributed by atoms with Crippen LogP contribution in [-0.4, -0.2) is 60.8 Å². The number of phenolic OH excluding ortho intramolecular Hbond substituents is 1. The average molecular weight is 554 g/mol. The van der Waals surface area contributed by atoms with Crippen LogP contribution in [0.15, 0.2) is 59.1 Å². The van der Waals surface area contributed by atoms with Crippen LogP contribution in [0.4, 0.5) is 14.9 Å². The second-order valence-electron chi connectivity index (χ2n) is 9.88. The summed E-state index contributed by atoms with van der Waals surface area (Å²) in [6.45, 7) is 1.57. The van der Waals surface area contributed by atoms with Crippen molar-refractivity contribution in [1.82, 2.24) is 0 Å². The van der Waals surface area contributed by atoms with Gasteiger partial charge in [0.1, 0.15) is 28.7 Å². The fraction of sp³-hybridized carbons (Fsp3) is 0.259. The van der Waals surface area contributed by atoms with Crippen LogP contribution in [0.1, 0.15) is 35.2 Å². The Morgan fingerprint density at radius 3 is 2.38 bits per heavy atom. The maximum absolute atomic E-state index is 13.7. The van der Waals surface area contributed by atoms with Crippen molar-refractivity contribution in [2.75, 3.05) is 5.32 Å². The van der Waals surface area contributed by atoms with E-state index < -0.39 is 93.7 Å². The molecule has 0 spiro atoms. The molecule has 2 amide bonds. The Morgan fingerprint density at radius 1 is 1.10 bits per heavy atom. The number of fused-ring (bicyclic) bond motifs is 3. The Hall–Kier alpha value is -4.75. The van der Waals surface area contributed by atoms with Gasteiger partial charge in [-0.15, -0.1) is 0 Å². The predicted octanol–water partition coefficient (Wildman–Crippen LogP) is 1.86. The lowest BCUT2D eigenvalue weighted by Crippen LogP contribution is -2.62. The summed E-state index contributed by atoms with van der Waals surface area (Å²) in [5.74, 6) is -10.6. The summed E-state index contributed by atoms with van der Waals surface area (Å²) in [5.41, 5.74) is 0.248. The number of Topliss-reactive ketones (excluding diaryl/α,β-unsaturated/α-hetero) is 2. The van der Waals surface area contributed by atoms with Gasteiger partial charge in [-0.25, -0.2) is 9.18 Å². The van der Waals surface area contributed by atoms with Crippen LogP contribution < -0.4 is 15.8 Å². The molecule has 0 saturated carbocycles. The van der Waals surface area contributed by atoms with Crippen molar-refractivity contribution in [1.29, 1.82) is 0 Å². The van der Waals surface area contributed by atoms with E-state index in [4.69, 9.17) is 10.5 Å². The normalized spacial score (nSPS) is 27.5. The Labute approximate surface area is 224 Å². The van der Waals surface area contributed by atoms with E-state index in [0.717, 1.165) is 12.1 Å². The number of phenols is 1. The SMILES string of the molecule is C[C@H]1c2ccc(NC(=O)Oc3ccc(F)cc3)c(O)c2C(=O)C2=C(O)[C@]3(O)C(=O)C(C(N)=O)=C(O)C[C@@H]3[C@@H](O)[C@@H]21. The van der Waals surface area contributed by atoms with Gasteiger partial charge < -0.3 is 36.0 Å². The number of aliphatic hydroxyl groups is 4. The highest BCUT2D eigenvalue weighted by atomic mass is 19.1. The number of allylic oxidation sites excluding steroid dienone is 1. The molecule has 0 radical (unpaired) electrons. The number of carbonyl (C=O) groups excluding carboxylic acids is 4. The minimum Gasteiger partial charge on any atom is -0.511 e. The molecule has 0 saturated heterocycles. The first kappa shape index (κ1) is 26.8. The lowest BCUT2D eigenvalue weighted by atomic mass is 9.56. The second-order valence-corrected chi connectivity index (χ2v) is 9.88. The smallest absolute Gasteiger partial charge is 0.417 e. The average Bonchev–Trinajstić information content (AvgIpc) is 2.89. The fourth-order valence-corrected chi connectivity index (χ4v) is 5.84. The summed E-state index contributed by atoms with van der Waals surface area (Å²) in [6, 6.07) is 7.20. The summed E-state index contributed by atoms with van der Waals surface area (Å²) in [4.78, 5) is 50.9. The number of amides is 2. The summed E-state index contributed by atoms with van der Waals surface area (Å²) >= 11 is 0. The number of aliphatic hydroxyl groups excluding tert-OH is 3. The third-order valence-corrected chi connectivity index (χ3v) is 7.76. The van der Waals surface area contributed by atoms with Crippen LogP contribution in [-0.2, 0) is 9.59 Å². The van der Waals surface area contributed by atoms with Gasteiger partial charge in [0, 0.05) is 23.8 Å². The van der Waals surface area contributed by atoms with Crippen molar-refractivity contribution >= 4 is 29.3 Å². The van der Waals surface area contributed by atoms with Crippen LogP contribution >= 0.6 is 0 Å². The molecule has 0 bridgehead atoms. The van der Waals surface area contributed by atoms with Crippen LogP contribution in [0.3, 0.4) is 0 Å². The number of primary amides is 1. The number of ketones is 2. The molecular weight excluding hydrogens is 531 g/mol. The molecule has 40 heavy (non-hydrogen) atoms. The van der Waals surface area contributed by atoms with E-state index in [1.807, 2.05) is 0 Å². The topological polar surface area (TPSA) is 217 Å². The van der Waals surface area contributed by atoms with Crippen molar-refractivity contribution in [3.8, 4) is 11.5 Å². The summed E-state index contributed by atoms with van der Waals surface area (Å²) in [6.07, 6.45) is -3.33. The molecule has 12 nitrogen and oxygen atoms in total. The molecule has 8 N–H and O–H groups in total. The van der Waals surface area contributed by atoms with E-state index in [-0.39, 0.29) is 22.6 Å². The van der Waals surface area contributed by atoms with Gasteiger partial charge in [0.2, 0.25) is 5.78 Å². The maximum atomic E-state index is 13.7. The molecule has 0 aliphatic heterocycles. The van der Waals surface area contributed by atoms with Gasteiger partial charge in [-0.3, -0.25) is 19.7 Å². The molecule has 2 aromatic rings. The molecule has 3 aliphatic rings. The zero-order chi connectivity index (χ0) is 29.3. The van der Waals surface area contributed by atoms with Crippen molar-refractivity contribution in [3.63, 3.8) is 0 Å². The van der Waals surface area contributed by atoms with Crippen molar-refractivity contribution in [3.05, 3.63) is 76.0 Å². The molecule has 0 unspecified atom stereocenters. The van der Waals surface area contributed by atoms with E-state index in [9.17, 15) is 49.1 Å². The molecule has 208 valence electrons. The van der Waals surface area contributed by atoms with Crippen LogP contribution in [0.25, 0.3) is 0 Å². The maximum Gasteiger partial charge on any atom is 0.417 e. The Kier molecular flexibility index (Phi) is 6.16. The standard InChI is InChI=1S/C27H23FN2O10/c1-9-12-6-7-14(30-26(38)40-11-4-2-10(28)3-5-11)21(33)17(12)22(34)19-16(9)20(32)13-8-15(31)18(25(29)37)23(35)27(13,39)24(19)36/h2-7,9,13,16,20,31-33,36,39H,8H2,1H3,(H2,29,37)(H,30,38)/t9-,13+,16+,20+,27+/m0/s1. The fourth-order valence-electron chi connectivity index (χ4n) is 5.84. The molecule has 5 rings (SSSR count). The van der Waals surface area contributed by atoms with Gasteiger partial charge >= 0.3 is 6.09 Å². The lowest BCUT2D eigenvalue weighted by molar-refractivity contribution is -0.154. The number of carbonyl (C=O) groups is 4. The zero-order valence-corrected chi connectivity index (χ0v) is 20.7. The van der Waals surface area contributed by atoms with Crippen molar-refractivity contribution < 1.29 is 53.8 Å². The molecule has 3 aliphatic carbocycles. The van der Waals surface area contributed by atoms with Gasteiger partial charge in [0.15, 0.2) is 17.1 Å². The number of nitrogens with two attached hydrogens (primary N) is 1. The Balaban J connectivity index is 1.56. The monoisotopic (exact) mass is 554 g/mol. The molecule has 0 aromatic heterocycles. The molecule has 2 aromatic carbocycles. The first-order valence-corrected chi connectivity index (χ1v) is 12.0. The number of hydrogen-bond donors (Lipinski definition) is 7. The Bertz CT molecular complexity index is 1560. The highest BCUT2D eigenvalue weighted by Gasteiger charge is 2.64. The van der Waals surface area contributed by atoms with Gasteiger partial charge in [0.05, 0.1) is 17.4 Å².